The Morgan fingerprint density at radius 2 is 2.28 bits per heavy atom. The molecule has 2 N–H and O–H groups in total. The number of nitrogens with zero attached hydrogens (tertiary/aromatic N) is 3. The predicted octanol–water partition coefficient (Wildman–Crippen LogP) is 3.29. The summed E-state index contributed by atoms with van der Waals surface area (Å²) < 4.78 is 25.3. The Morgan fingerprint density at radius 1 is 1.44 bits per heavy atom. The maximum atomic E-state index is 13.9. The molecule has 1 unspecified atom stereocenters. The Bertz CT molecular complexity index is 1220. The van der Waals surface area contributed by atoms with Crippen molar-refractivity contribution in [1.29, 1.82) is 0 Å². The number of aromatic nitrogens is 1. The second-order valence-corrected chi connectivity index (χ2v) is 9.68. The number of carboxylic acid groups (broad SMARTS) is 1. The first-order chi connectivity index (χ1) is 17.4. The van der Waals surface area contributed by atoms with Crippen molar-refractivity contribution >= 4 is 45.0 Å². The fourth-order valence-electron chi connectivity index (χ4n) is 3.99. The lowest BCUT2D eigenvalue weighted by atomic mass is 9.95. The Labute approximate surface area is 219 Å². The number of ether oxygens (including phenoxy) is 2. The molecule has 1 aromatic carbocycles. The van der Waals surface area contributed by atoms with Crippen molar-refractivity contribution in [3.63, 3.8) is 0 Å². The van der Waals surface area contributed by atoms with Gasteiger partial charge in [0.1, 0.15) is 11.9 Å². The van der Waals surface area contributed by atoms with Gasteiger partial charge in [-0.2, -0.15) is 0 Å². The van der Waals surface area contributed by atoms with Crippen LogP contribution in [0, 0.1) is 5.82 Å². The topological polar surface area (TPSA) is 113 Å². The lowest BCUT2D eigenvalue weighted by Crippen LogP contribution is -2.48. The number of aliphatic carboxylic acids is 1. The Morgan fingerprint density at radius 3 is 2.97 bits per heavy atom. The predicted molar refractivity (Wildman–Crippen MR) is 135 cm³/mol. The average molecular weight is 579 g/mol. The number of rotatable bonds is 8. The molecule has 3 heterocycles. The number of carboxylic acids is 1. The number of nitrogens with one attached hydrogen (secondary N) is 1. The van der Waals surface area contributed by atoms with Crippen molar-refractivity contribution in [2.45, 2.75) is 19.0 Å². The van der Waals surface area contributed by atoms with Crippen LogP contribution < -0.4 is 5.32 Å². The first kappa shape index (κ1) is 26.1. The van der Waals surface area contributed by atoms with Crippen LogP contribution in [0.15, 0.2) is 62.7 Å². The highest BCUT2D eigenvalue weighted by molar-refractivity contribution is 9.10. The van der Waals surface area contributed by atoms with E-state index >= 15 is 0 Å². The quantitative estimate of drug-likeness (QED) is 0.362. The summed E-state index contributed by atoms with van der Waals surface area (Å²) in [5.74, 6) is -1.55. The third kappa shape index (κ3) is 6.06. The van der Waals surface area contributed by atoms with Gasteiger partial charge in [-0.05, 0) is 24.6 Å². The molecule has 1 fully saturated rings. The summed E-state index contributed by atoms with van der Waals surface area (Å²) in [5, 5.41) is 14.8. The van der Waals surface area contributed by atoms with Gasteiger partial charge in [0.15, 0.2) is 10.8 Å². The molecule has 2 aliphatic heterocycles. The van der Waals surface area contributed by atoms with E-state index in [9.17, 15) is 14.0 Å². The Balaban J connectivity index is 1.80. The largest absolute Gasteiger partial charge is 0.478 e. The normalized spacial score (nSPS) is 20.8. The second kappa shape index (κ2) is 11.9. The smallest absolute Gasteiger partial charge is 0.338 e. The highest BCUT2D eigenvalue weighted by Gasteiger charge is 2.35. The fraction of sp³-hybridized carbons (Fsp3) is 0.333. The van der Waals surface area contributed by atoms with Crippen LogP contribution in [0.2, 0.25) is 0 Å². The monoisotopic (exact) mass is 578 g/mol. The first-order valence-corrected chi connectivity index (χ1v) is 12.9. The number of carbonyl (C=O) groups excluding carboxylic acids is 1. The minimum Gasteiger partial charge on any atom is -0.478 e. The molecular weight excluding hydrogens is 555 g/mol. The summed E-state index contributed by atoms with van der Waals surface area (Å²) in [5.41, 5.74) is 1.43. The van der Waals surface area contributed by atoms with Crippen LogP contribution in [0.5, 0.6) is 0 Å². The summed E-state index contributed by atoms with van der Waals surface area (Å²) in [6.07, 6.45) is 4.31. The van der Waals surface area contributed by atoms with Gasteiger partial charge in [-0.1, -0.05) is 28.1 Å². The summed E-state index contributed by atoms with van der Waals surface area (Å²) in [6.45, 7) is 3.44. The van der Waals surface area contributed by atoms with E-state index in [1.54, 1.807) is 25.3 Å². The summed E-state index contributed by atoms with van der Waals surface area (Å²) in [6, 6.07) is 3.13. The Hall–Kier alpha value is -2.93. The number of esters is 1. The molecule has 9 nitrogen and oxygen atoms in total. The number of aliphatic imine (C=N–C) groups is 1. The number of thiazole rings is 1. The molecule has 0 amide bonds. The molecule has 4 rings (SSSR count). The molecule has 1 saturated heterocycles. The van der Waals surface area contributed by atoms with Crippen LogP contribution in [-0.4, -0.2) is 71.7 Å². The van der Waals surface area contributed by atoms with Crippen LogP contribution >= 0.6 is 27.3 Å². The highest BCUT2D eigenvalue weighted by Crippen LogP contribution is 2.37. The van der Waals surface area contributed by atoms with Gasteiger partial charge in [-0.15, -0.1) is 11.3 Å². The number of amidine groups is 1. The van der Waals surface area contributed by atoms with Gasteiger partial charge in [0.25, 0.3) is 0 Å². The summed E-state index contributed by atoms with van der Waals surface area (Å²) in [4.78, 5) is 35.6. The molecule has 2 atom stereocenters. The molecule has 0 saturated carbocycles. The van der Waals surface area contributed by atoms with E-state index in [0.29, 0.717) is 46.3 Å². The zero-order chi connectivity index (χ0) is 25.7. The van der Waals surface area contributed by atoms with Crippen LogP contribution in [0.1, 0.15) is 23.5 Å². The molecule has 12 heteroatoms. The zero-order valence-electron chi connectivity index (χ0n) is 19.3. The molecule has 0 aliphatic carbocycles. The maximum absolute atomic E-state index is 13.9. The van der Waals surface area contributed by atoms with Crippen LogP contribution in [0.3, 0.4) is 0 Å². The maximum Gasteiger partial charge on any atom is 0.338 e. The van der Waals surface area contributed by atoms with Crippen molar-refractivity contribution in [3.8, 4) is 0 Å². The second-order valence-electron chi connectivity index (χ2n) is 7.93. The molecule has 0 radical (unpaired) electrons. The van der Waals surface area contributed by atoms with Crippen molar-refractivity contribution in [2.75, 3.05) is 32.9 Å². The van der Waals surface area contributed by atoms with E-state index < -0.39 is 23.8 Å². The van der Waals surface area contributed by atoms with Crippen molar-refractivity contribution < 1.29 is 28.6 Å². The van der Waals surface area contributed by atoms with E-state index in [1.165, 1.54) is 23.5 Å². The lowest BCUT2D eigenvalue weighted by Gasteiger charge is -2.36. The Kier molecular flexibility index (Phi) is 8.62. The summed E-state index contributed by atoms with van der Waals surface area (Å²) >= 11 is 4.81. The number of hydrogen-bond acceptors (Lipinski definition) is 9. The van der Waals surface area contributed by atoms with Crippen molar-refractivity contribution in [1.82, 2.24) is 15.2 Å². The van der Waals surface area contributed by atoms with Crippen molar-refractivity contribution in [3.05, 3.63) is 74.1 Å². The molecule has 0 bridgehead atoms. The molecule has 36 heavy (non-hydrogen) atoms. The van der Waals surface area contributed by atoms with E-state index in [1.807, 2.05) is 10.3 Å². The minimum atomic E-state index is -1.05. The van der Waals surface area contributed by atoms with E-state index in [0.717, 1.165) is 6.08 Å². The van der Waals surface area contributed by atoms with Gasteiger partial charge in [0.2, 0.25) is 0 Å². The van der Waals surface area contributed by atoms with Gasteiger partial charge in [-0.25, -0.2) is 19.0 Å². The average Bonchev–Trinajstić information content (AvgIpc) is 3.38. The molecule has 1 aromatic heterocycles. The number of halogens is 2. The zero-order valence-corrected chi connectivity index (χ0v) is 21.7. The van der Waals surface area contributed by atoms with Gasteiger partial charge < -0.3 is 19.9 Å². The van der Waals surface area contributed by atoms with Gasteiger partial charge in [-0.3, -0.25) is 9.89 Å². The number of hydrogen-bond donors (Lipinski definition) is 2. The standard InChI is InChI=1S/C24H24BrFN4O5S/c1-2-35-24(33)20-18(12-30-8-9-34-13-15(30)4-6-19(31)32)28-22(23-27-7-10-36-23)29-21(20)16-5-3-14(26)11-17(16)25/h3-7,10-11,15,21H,2,8-9,12-13H2,1H3,(H,28,29)(H,31,32)/b6-4+/t15?,21-/m0/s1. The first-order valence-electron chi connectivity index (χ1n) is 11.2. The number of morpholine rings is 1. The third-order valence-electron chi connectivity index (χ3n) is 5.62. The van der Waals surface area contributed by atoms with Crippen LogP contribution in [-0.2, 0) is 19.1 Å². The molecule has 0 spiro atoms. The third-order valence-corrected chi connectivity index (χ3v) is 7.08. The SMILES string of the molecule is CCOC(=O)C1=C(CN2CCOCC2/C=C/C(=O)O)NC(c2nccs2)=N[C@H]1c1ccc(F)cc1Br. The fourth-order valence-corrected chi connectivity index (χ4v) is 5.15. The minimum absolute atomic E-state index is 0.164. The van der Waals surface area contributed by atoms with E-state index in [4.69, 9.17) is 19.6 Å². The van der Waals surface area contributed by atoms with Gasteiger partial charge in [0.05, 0.1) is 31.4 Å². The molecule has 2 aliphatic rings. The number of benzene rings is 1. The highest BCUT2D eigenvalue weighted by atomic mass is 79.9. The van der Waals surface area contributed by atoms with E-state index in [2.05, 4.69) is 26.2 Å². The van der Waals surface area contributed by atoms with Crippen LogP contribution in [0.25, 0.3) is 0 Å². The van der Waals surface area contributed by atoms with E-state index in [-0.39, 0.29) is 24.8 Å². The van der Waals surface area contributed by atoms with Gasteiger partial charge >= 0.3 is 11.9 Å². The lowest BCUT2D eigenvalue weighted by molar-refractivity contribution is -0.139. The molecule has 190 valence electrons. The summed E-state index contributed by atoms with van der Waals surface area (Å²) in [7, 11) is 0. The number of carbonyl (C=O) groups is 2. The van der Waals surface area contributed by atoms with Crippen molar-refractivity contribution in [2.24, 2.45) is 4.99 Å². The molecule has 2 aromatic rings. The van der Waals surface area contributed by atoms with Crippen LogP contribution in [0.4, 0.5) is 4.39 Å². The van der Waals surface area contributed by atoms with Gasteiger partial charge in [0, 0.05) is 40.9 Å². The molecular formula is C24H24BrFN4O5S.